The Morgan fingerprint density at radius 2 is 1.73 bits per heavy atom. The van der Waals surface area contributed by atoms with Crippen molar-refractivity contribution in [3.8, 4) is 22.1 Å². The van der Waals surface area contributed by atoms with E-state index in [0.29, 0.717) is 22.2 Å². The van der Waals surface area contributed by atoms with Crippen LogP contribution in [0.15, 0.2) is 46.9 Å². The van der Waals surface area contributed by atoms with Gasteiger partial charge in [-0.25, -0.2) is 0 Å². The van der Waals surface area contributed by atoms with Crippen molar-refractivity contribution in [2.45, 2.75) is 0 Å². The third-order valence-corrected chi connectivity index (χ3v) is 5.31. The summed E-state index contributed by atoms with van der Waals surface area (Å²) in [5.74, 6) is 0.865. The van der Waals surface area contributed by atoms with E-state index in [4.69, 9.17) is 9.47 Å². The Morgan fingerprint density at radius 1 is 1.04 bits per heavy atom. The molecule has 3 aromatic rings. The molecule has 0 fully saturated rings. The zero-order chi connectivity index (χ0) is 18.7. The Labute approximate surface area is 163 Å². The number of carbonyl (C=O) groups excluding carboxylic acids is 1. The predicted octanol–water partition coefficient (Wildman–Crippen LogP) is 4.26. The first-order valence-corrected chi connectivity index (χ1v) is 9.24. The van der Waals surface area contributed by atoms with Crippen LogP contribution in [0.3, 0.4) is 0 Å². The number of nitrogens with zero attached hydrogens (tertiary/aromatic N) is 3. The van der Waals surface area contributed by atoms with Crippen LogP contribution in [0.2, 0.25) is 0 Å². The second kappa shape index (κ2) is 7.84. The van der Waals surface area contributed by atoms with Crippen molar-refractivity contribution in [3.63, 3.8) is 0 Å². The van der Waals surface area contributed by atoms with Crippen molar-refractivity contribution >= 4 is 38.3 Å². The summed E-state index contributed by atoms with van der Waals surface area (Å²) in [6.45, 7) is 0. The number of aromatic nitrogens is 2. The molecular formula is C18H16BrN3O3S. The molecule has 0 saturated carbocycles. The van der Waals surface area contributed by atoms with Gasteiger partial charge in [-0.1, -0.05) is 39.4 Å². The van der Waals surface area contributed by atoms with Gasteiger partial charge in [0.05, 0.1) is 14.2 Å². The van der Waals surface area contributed by atoms with Gasteiger partial charge in [-0.15, -0.1) is 10.2 Å². The van der Waals surface area contributed by atoms with E-state index in [1.54, 1.807) is 32.4 Å². The molecule has 0 radical (unpaired) electrons. The molecule has 0 atom stereocenters. The zero-order valence-corrected chi connectivity index (χ0v) is 16.8. The van der Waals surface area contributed by atoms with Gasteiger partial charge in [0.15, 0.2) is 11.5 Å². The molecule has 0 aliphatic heterocycles. The molecule has 0 N–H and O–H groups in total. The summed E-state index contributed by atoms with van der Waals surface area (Å²) in [4.78, 5) is 14.2. The van der Waals surface area contributed by atoms with Crippen molar-refractivity contribution < 1.29 is 14.3 Å². The van der Waals surface area contributed by atoms with Gasteiger partial charge in [0.25, 0.3) is 5.91 Å². The minimum absolute atomic E-state index is 0.204. The van der Waals surface area contributed by atoms with E-state index in [-0.39, 0.29) is 5.91 Å². The van der Waals surface area contributed by atoms with Gasteiger partial charge in [0.2, 0.25) is 5.13 Å². The smallest absolute Gasteiger partial charge is 0.259 e. The number of hydrogen-bond acceptors (Lipinski definition) is 6. The van der Waals surface area contributed by atoms with Gasteiger partial charge in [-0.3, -0.25) is 9.69 Å². The van der Waals surface area contributed by atoms with Gasteiger partial charge in [0.1, 0.15) is 5.01 Å². The predicted molar refractivity (Wildman–Crippen MR) is 105 cm³/mol. The minimum Gasteiger partial charge on any atom is -0.493 e. The fraction of sp³-hybridized carbons (Fsp3) is 0.167. The second-order valence-electron chi connectivity index (χ2n) is 5.33. The van der Waals surface area contributed by atoms with E-state index >= 15 is 0 Å². The molecule has 0 aliphatic carbocycles. The molecule has 6 nitrogen and oxygen atoms in total. The molecule has 3 rings (SSSR count). The summed E-state index contributed by atoms with van der Waals surface area (Å²) in [7, 11) is 4.76. The van der Waals surface area contributed by atoms with Gasteiger partial charge >= 0.3 is 0 Å². The average Bonchev–Trinajstić information content (AvgIpc) is 3.17. The van der Waals surface area contributed by atoms with Crippen molar-refractivity contribution in [1.29, 1.82) is 0 Å². The third kappa shape index (κ3) is 3.71. The molecule has 2 aromatic carbocycles. The van der Waals surface area contributed by atoms with E-state index < -0.39 is 0 Å². The Kier molecular flexibility index (Phi) is 5.53. The van der Waals surface area contributed by atoms with Crippen molar-refractivity contribution in [2.75, 3.05) is 26.2 Å². The van der Waals surface area contributed by atoms with Crippen molar-refractivity contribution in [2.24, 2.45) is 0 Å². The highest BCUT2D eigenvalue weighted by Gasteiger charge is 2.19. The average molecular weight is 434 g/mol. The molecule has 0 aliphatic rings. The quantitative estimate of drug-likeness (QED) is 0.601. The van der Waals surface area contributed by atoms with Gasteiger partial charge < -0.3 is 9.47 Å². The highest BCUT2D eigenvalue weighted by atomic mass is 79.9. The number of benzene rings is 2. The van der Waals surface area contributed by atoms with Crippen LogP contribution in [-0.4, -0.2) is 37.4 Å². The first-order valence-electron chi connectivity index (χ1n) is 7.63. The maximum absolute atomic E-state index is 12.8. The Bertz CT molecular complexity index is 928. The molecule has 8 heteroatoms. The fourth-order valence-corrected chi connectivity index (χ4v) is 3.38. The molecule has 1 aromatic heterocycles. The van der Waals surface area contributed by atoms with Crippen molar-refractivity contribution in [1.82, 2.24) is 10.2 Å². The highest BCUT2D eigenvalue weighted by Crippen LogP contribution is 2.31. The lowest BCUT2D eigenvalue weighted by Gasteiger charge is -2.14. The number of ether oxygens (including phenoxy) is 2. The van der Waals surface area contributed by atoms with Gasteiger partial charge in [-0.2, -0.15) is 0 Å². The summed E-state index contributed by atoms with van der Waals surface area (Å²) in [5.41, 5.74) is 1.43. The number of methoxy groups -OCH3 is 2. The first kappa shape index (κ1) is 18.3. The van der Waals surface area contributed by atoms with Crippen molar-refractivity contribution in [3.05, 3.63) is 52.5 Å². The van der Waals surface area contributed by atoms with E-state index in [1.165, 1.54) is 23.3 Å². The first-order chi connectivity index (χ1) is 12.5. The maximum atomic E-state index is 12.8. The number of anilines is 1. The second-order valence-corrected chi connectivity index (χ2v) is 7.20. The van der Waals surface area contributed by atoms with E-state index in [9.17, 15) is 4.79 Å². The van der Waals surface area contributed by atoms with Crippen LogP contribution in [0, 0.1) is 0 Å². The van der Waals surface area contributed by atoms with Crippen LogP contribution < -0.4 is 14.4 Å². The topological polar surface area (TPSA) is 64.5 Å². The Morgan fingerprint density at radius 3 is 2.38 bits per heavy atom. The lowest BCUT2D eigenvalue weighted by Crippen LogP contribution is -2.26. The standard InChI is InChI=1S/C18H16BrN3O3S/c1-22(17(23)12-6-9-14(24-2)15(10-12)25-3)18-21-20-16(26-18)11-4-7-13(19)8-5-11/h4-10H,1-3H3. The molecule has 1 heterocycles. The summed E-state index contributed by atoms with van der Waals surface area (Å²) < 4.78 is 11.5. The largest absolute Gasteiger partial charge is 0.493 e. The summed E-state index contributed by atoms with van der Waals surface area (Å²) in [6.07, 6.45) is 0. The molecule has 0 saturated heterocycles. The summed E-state index contributed by atoms with van der Waals surface area (Å²) in [5, 5.41) is 9.60. The monoisotopic (exact) mass is 433 g/mol. The molecule has 1 amide bonds. The lowest BCUT2D eigenvalue weighted by atomic mass is 10.2. The molecule has 0 spiro atoms. The maximum Gasteiger partial charge on any atom is 0.259 e. The normalized spacial score (nSPS) is 10.5. The summed E-state index contributed by atoms with van der Waals surface area (Å²) >= 11 is 4.76. The lowest BCUT2D eigenvalue weighted by molar-refractivity contribution is 0.0992. The molecular weight excluding hydrogens is 418 g/mol. The highest BCUT2D eigenvalue weighted by molar-refractivity contribution is 9.10. The van der Waals surface area contributed by atoms with Crippen LogP contribution in [0.1, 0.15) is 10.4 Å². The van der Waals surface area contributed by atoms with Crippen LogP contribution in [0.25, 0.3) is 10.6 Å². The van der Waals surface area contributed by atoms with Crippen LogP contribution in [0.4, 0.5) is 5.13 Å². The van der Waals surface area contributed by atoms with E-state index in [0.717, 1.165) is 15.0 Å². The molecule has 134 valence electrons. The SMILES string of the molecule is COc1ccc(C(=O)N(C)c2nnc(-c3ccc(Br)cc3)s2)cc1OC. The van der Waals surface area contributed by atoms with Crippen LogP contribution >= 0.6 is 27.3 Å². The molecule has 0 bridgehead atoms. The number of rotatable bonds is 5. The van der Waals surface area contributed by atoms with E-state index in [2.05, 4.69) is 26.1 Å². The van der Waals surface area contributed by atoms with Gasteiger partial charge in [0, 0.05) is 22.6 Å². The molecule has 0 unspecified atom stereocenters. The van der Waals surface area contributed by atoms with Gasteiger partial charge in [-0.05, 0) is 30.3 Å². The number of carbonyl (C=O) groups is 1. The Balaban J connectivity index is 1.84. The number of halogens is 1. The number of amides is 1. The Hall–Kier alpha value is -2.45. The van der Waals surface area contributed by atoms with Crippen LogP contribution in [0.5, 0.6) is 11.5 Å². The minimum atomic E-state index is -0.204. The number of hydrogen-bond donors (Lipinski definition) is 0. The summed E-state index contributed by atoms with van der Waals surface area (Å²) in [6, 6.07) is 12.8. The van der Waals surface area contributed by atoms with Crippen LogP contribution in [-0.2, 0) is 0 Å². The zero-order valence-electron chi connectivity index (χ0n) is 14.4. The molecule has 26 heavy (non-hydrogen) atoms. The third-order valence-electron chi connectivity index (χ3n) is 3.73. The fourth-order valence-electron chi connectivity index (χ4n) is 2.31. The van der Waals surface area contributed by atoms with E-state index in [1.807, 2.05) is 24.3 Å².